The number of aryl methyl sites for hydroxylation is 1. The third-order valence-electron chi connectivity index (χ3n) is 6.64. The van der Waals surface area contributed by atoms with Crippen molar-refractivity contribution >= 4 is 17.5 Å². The number of halogens is 1. The molecule has 2 fully saturated rings. The molecule has 0 N–H and O–H groups in total. The minimum atomic E-state index is -1.19. The summed E-state index contributed by atoms with van der Waals surface area (Å²) in [6, 6.07) is 9.91. The highest BCUT2D eigenvalue weighted by Gasteiger charge is 2.51. The largest absolute Gasteiger partial charge is 0.494 e. The van der Waals surface area contributed by atoms with Crippen LogP contribution in [0, 0.1) is 18.7 Å². The summed E-state index contributed by atoms with van der Waals surface area (Å²) in [5.41, 5.74) is 1.69. The van der Waals surface area contributed by atoms with E-state index in [0.717, 1.165) is 25.2 Å². The van der Waals surface area contributed by atoms with Crippen LogP contribution in [-0.2, 0) is 14.3 Å². The molecule has 2 aromatic rings. The Kier molecular flexibility index (Phi) is 7.93. The van der Waals surface area contributed by atoms with Gasteiger partial charge in [-0.2, -0.15) is 0 Å². The van der Waals surface area contributed by atoms with Crippen LogP contribution in [0.4, 0.5) is 4.39 Å². The number of carbonyl (C=O) groups is 3. The standard InChI is InChI=1S/C27H31FN2O5/c1-3-35-22-10-7-20(17-18(22)2)25(31)23-24(19-5-8-21(28)9-6-19)30(27(33)26(23)32)12-4-11-29-13-15-34-16-14-29/h5-10,17,23-24H,3-4,11-16H2,1-2H3. The van der Waals surface area contributed by atoms with Crippen LogP contribution < -0.4 is 4.74 Å². The van der Waals surface area contributed by atoms with Gasteiger partial charge in [0.15, 0.2) is 5.78 Å². The van der Waals surface area contributed by atoms with Gasteiger partial charge in [-0.05, 0) is 61.7 Å². The van der Waals surface area contributed by atoms with E-state index in [0.29, 0.717) is 49.7 Å². The second-order valence-corrected chi connectivity index (χ2v) is 8.92. The maximum atomic E-state index is 13.7. The fourth-order valence-corrected chi connectivity index (χ4v) is 4.85. The fourth-order valence-electron chi connectivity index (χ4n) is 4.85. The third kappa shape index (κ3) is 5.44. The highest BCUT2D eigenvalue weighted by molar-refractivity contribution is 6.44. The zero-order valence-electron chi connectivity index (χ0n) is 20.2. The van der Waals surface area contributed by atoms with Crippen molar-refractivity contribution in [3.63, 3.8) is 0 Å². The molecule has 2 saturated heterocycles. The number of carbonyl (C=O) groups excluding carboxylic acids is 3. The van der Waals surface area contributed by atoms with Gasteiger partial charge in [0.25, 0.3) is 5.91 Å². The molecule has 0 radical (unpaired) electrons. The predicted octanol–water partition coefficient (Wildman–Crippen LogP) is 3.21. The van der Waals surface area contributed by atoms with E-state index >= 15 is 0 Å². The summed E-state index contributed by atoms with van der Waals surface area (Å²) in [6.07, 6.45) is 0.653. The minimum absolute atomic E-state index is 0.329. The van der Waals surface area contributed by atoms with Crippen LogP contribution in [0.25, 0.3) is 0 Å². The monoisotopic (exact) mass is 482 g/mol. The van der Waals surface area contributed by atoms with Crippen LogP contribution in [-0.4, -0.2) is 73.3 Å². The second kappa shape index (κ2) is 11.1. The molecule has 2 unspecified atom stereocenters. The molecule has 2 aliphatic rings. The SMILES string of the molecule is CCOc1ccc(C(=O)C2C(=O)C(=O)N(CCCN3CCOCC3)C2c2ccc(F)cc2)cc1C. The van der Waals surface area contributed by atoms with E-state index in [9.17, 15) is 18.8 Å². The van der Waals surface area contributed by atoms with Crippen LogP contribution >= 0.6 is 0 Å². The Morgan fingerprint density at radius 3 is 2.46 bits per heavy atom. The van der Waals surface area contributed by atoms with E-state index in [-0.39, 0.29) is 0 Å². The molecule has 186 valence electrons. The topological polar surface area (TPSA) is 76.2 Å². The van der Waals surface area contributed by atoms with Gasteiger partial charge in [-0.15, -0.1) is 0 Å². The number of ether oxygens (including phenoxy) is 2. The van der Waals surface area contributed by atoms with Crippen LogP contribution in [0.3, 0.4) is 0 Å². The molecule has 7 nitrogen and oxygen atoms in total. The molecule has 4 rings (SSSR count). The molecule has 2 aromatic carbocycles. The molecule has 1 amide bonds. The first-order valence-electron chi connectivity index (χ1n) is 12.1. The van der Waals surface area contributed by atoms with Gasteiger partial charge in [-0.3, -0.25) is 19.3 Å². The van der Waals surface area contributed by atoms with Crippen molar-refractivity contribution in [3.8, 4) is 5.75 Å². The summed E-state index contributed by atoms with van der Waals surface area (Å²) in [5, 5.41) is 0. The average molecular weight is 483 g/mol. The van der Waals surface area contributed by atoms with E-state index < -0.39 is 35.3 Å². The van der Waals surface area contributed by atoms with Crippen LogP contribution in [0.1, 0.15) is 40.9 Å². The lowest BCUT2D eigenvalue weighted by molar-refractivity contribution is -0.140. The van der Waals surface area contributed by atoms with Crippen molar-refractivity contribution in [2.45, 2.75) is 26.3 Å². The quantitative estimate of drug-likeness (QED) is 0.310. The Balaban J connectivity index is 1.60. The van der Waals surface area contributed by atoms with Gasteiger partial charge in [0.2, 0.25) is 5.78 Å². The zero-order valence-corrected chi connectivity index (χ0v) is 20.2. The zero-order chi connectivity index (χ0) is 24.9. The molecule has 0 spiro atoms. The smallest absolute Gasteiger partial charge is 0.291 e. The number of benzene rings is 2. The van der Waals surface area contributed by atoms with Crippen molar-refractivity contribution in [1.82, 2.24) is 9.80 Å². The third-order valence-corrected chi connectivity index (χ3v) is 6.64. The molecule has 2 heterocycles. The van der Waals surface area contributed by atoms with Gasteiger partial charge in [0.05, 0.1) is 25.9 Å². The number of Topliss-reactive ketones (excluding diaryl/α,β-unsaturated/α-hetero) is 2. The van der Waals surface area contributed by atoms with E-state index in [1.807, 2.05) is 13.8 Å². The highest BCUT2D eigenvalue weighted by Crippen LogP contribution is 2.38. The first-order chi connectivity index (χ1) is 16.9. The van der Waals surface area contributed by atoms with Crippen molar-refractivity contribution in [2.75, 3.05) is 46.0 Å². The van der Waals surface area contributed by atoms with E-state index in [1.54, 1.807) is 30.3 Å². The molecular weight excluding hydrogens is 451 g/mol. The normalized spacial score (nSPS) is 20.9. The number of rotatable bonds is 9. The van der Waals surface area contributed by atoms with Gasteiger partial charge in [0.1, 0.15) is 17.5 Å². The second-order valence-electron chi connectivity index (χ2n) is 8.92. The number of hydrogen-bond acceptors (Lipinski definition) is 6. The Hall–Kier alpha value is -3.10. The summed E-state index contributed by atoms with van der Waals surface area (Å²) in [7, 11) is 0. The first kappa shape index (κ1) is 25.0. The number of ketones is 2. The first-order valence-corrected chi connectivity index (χ1v) is 12.1. The molecule has 2 aliphatic heterocycles. The number of nitrogens with zero attached hydrogens (tertiary/aromatic N) is 2. The van der Waals surface area contributed by atoms with E-state index in [2.05, 4.69) is 4.90 Å². The molecule has 0 bridgehead atoms. The maximum absolute atomic E-state index is 13.7. The number of amides is 1. The predicted molar refractivity (Wildman–Crippen MR) is 128 cm³/mol. The summed E-state index contributed by atoms with van der Waals surface area (Å²) < 4.78 is 24.6. The Bertz CT molecular complexity index is 1080. The van der Waals surface area contributed by atoms with Gasteiger partial charge in [-0.1, -0.05) is 12.1 Å². The molecule has 8 heteroatoms. The summed E-state index contributed by atoms with van der Waals surface area (Å²) >= 11 is 0. The van der Waals surface area contributed by atoms with Crippen molar-refractivity contribution < 1.29 is 28.2 Å². The molecule has 0 saturated carbocycles. The van der Waals surface area contributed by atoms with Crippen molar-refractivity contribution in [3.05, 3.63) is 65.0 Å². The molecule has 0 aliphatic carbocycles. The molecule has 2 atom stereocenters. The van der Waals surface area contributed by atoms with E-state index in [4.69, 9.17) is 9.47 Å². The lowest BCUT2D eigenvalue weighted by atomic mass is 9.86. The lowest BCUT2D eigenvalue weighted by Gasteiger charge is -2.30. The average Bonchev–Trinajstić information content (AvgIpc) is 3.11. The number of morpholine rings is 1. The van der Waals surface area contributed by atoms with Crippen molar-refractivity contribution in [1.29, 1.82) is 0 Å². The van der Waals surface area contributed by atoms with Crippen LogP contribution in [0.15, 0.2) is 42.5 Å². The molecule has 35 heavy (non-hydrogen) atoms. The highest BCUT2D eigenvalue weighted by atomic mass is 19.1. The minimum Gasteiger partial charge on any atom is -0.494 e. The lowest BCUT2D eigenvalue weighted by Crippen LogP contribution is -2.39. The van der Waals surface area contributed by atoms with Crippen LogP contribution in [0.5, 0.6) is 5.75 Å². The molecular formula is C27H31FN2O5. The van der Waals surface area contributed by atoms with Gasteiger partial charge in [0, 0.05) is 31.7 Å². The fraction of sp³-hybridized carbons (Fsp3) is 0.444. The summed E-state index contributed by atoms with van der Waals surface area (Å²) in [6.45, 7) is 8.30. The Morgan fingerprint density at radius 1 is 1.09 bits per heavy atom. The summed E-state index contributed by atoms with van der Waals surface area (Å²) in [5.74, 6) is -2.75. The van der Waals surface area contributed by atoms with E-state index in [1.165, 1.54) is 17.0 Å². The molecule has 0 aromatic heterocycles. The Morgan fingerprint density at radius 2 is 1.80 bits per heavy atom. The van der Waals surface area contributed by atoms with Gasteiger partial charge < -0.3 is 14.4 Å². The van der Waals surface area contributed by atoms with Crippen molar-refractivity contribution in [2.24, 2.45) is 5.92 Å². The summed E-state index contributed by atoms with van der Waals surface area (Å²) in [4.78, 5) is 43.6. The number of hydrogen-bond donors (Lipinski definition) is 0. The van der Waals surface area contributed by atoms with Gasteiger partial charge in [-0.25, -0.2) is 4.39 Å². The van der Waals surface area contributed by atoms with Gasteiger partial charge >= 0.3 is 0 Å². The maximum Gasteiger partial charge on any atom is 0.291 e. The van der Waals surface area contributed by atoms with Crippen LogP contribution in [0.2, 0.25) is 0 Å². The number of likely N-dealkylation sites (tertiary alicyclic amines) is 1. The Labute approximate surface area is 204 Å².